The van der Waals surface area contributed by atoms with Crippen molar-refractivity contribution in [3.05, 3.63) is 24.0 Å². The number of amides is 1. The first kappa shape index (κ1) is 14.6. The monoisotopic (exact) mass is 280 g/mol. The molecule has 1 aliphatic rings. The van der Waals surface area contributed by atoms with Gasteiger partial charge in [-0.15, -0.1) is 0 Å². The molecule has 20 heavy (non-hydrogen) atoms. The highest BCUT2D eigenvalue weighted by molar-refractivity contribution is 5.81. The average molecular weight is 280 g/mol. The third kappa shape index (κ3) is 3.62. The van der Waals surface area contributed by atoms with Gasteiger partial charge in [0.2, 0.25) is 0 Å². The van der Waals surface area contributed by atoms with E-state index in [-0.39, 0.29) is 11.6 Å². The van der Waals surface area contributed by atoms with Crippen molar-refractivity contribution in [3.8, 4) is 5.75 Å². The van der Waals surface area contributed by atoms with Gasteiger partial charge in [0.1, 0.15) is 11.6 Å². The lowest BCUT2D eigenvalue weighted by molar-refractivity contribution is -0.137. The molecule has 5 heteroatoms. The zero-order valence-electron chi connectivity index (χ0n) is 11.8. The molecule has 1 aromatic rings. The van der Waals surface area contributed by atoms with Gasteiger partial charge in [-0.3, -0.25) is 4.79 Å². The van der Waals surface area contributed by atoms with Crippen molar-refractivity contribution in [3.63, 3.8) is 0 Å². The molecule has 1 aliphatic heterocycles. The number of carbonyl (C=O) groups excluding carboxylic acids is 1. The summed E-state index contributed by atoms with van der Waals surface area (Å²) in [6.07, 6.45) is 3.81. The van der Waals surface area contributed by atoms with E-state index in [1.165, 1.54) is 31.0 Å². The van der Waals surface area contributed by atoms with Crippen molar-refractivity contribution < 1.29 is 13.9 Å². The SMILES string of the molecule is CC(Oc1ccc(F)cc1N)C(=O)N1CCCCCC1. The van der Waals surface area contributed by atoms with Crippen LogP contribution in [0.15, 0.2) is 18.2 Å². The van der Waals surface area contributed by atoms with Crippen LogP contribution in [0.1, 0.15) is 32.6 Å². The number of hydrogen-bond donors (Lipinski definition) is 1. The van der Waals surface area contributed by atoms with Gasteiger partial charge in [0, 0.05) is 19.2 Å². The fourth-order valence-corrected chi connectivity index (χ4v) is 2.42. The highest BCUT2D eigenvalue weighted by Crippen LogP contribution is 2.23. The average Bonchev–Trinajstić information content (AvgIpc) is 2.70. The number of nitrogens with two attached hydrogens (primary N) is 1. The van der Waals surface area contributed by atoms with Crippen LogP contribution in [-0.2, 0) is 4.79 Å². The molecule has 1 heterocycles. The molecule has 1 amide bonds. The Balaban J connectivity index is 1.99. The largest absolute Gasteiger partial charge is 0.479 e. The minimum absolute atomic E-state index is 0.0318. The van der Waals surface area contributed by atoms with Gasteiger partial charge in [0.05, 0.1) is 5.69 Å². The molecule has 0 radical (unpaired) electrons. The Morgan fingerprint density at radius 2 is 1.95 bits per heavy atom. The first-order valence-corrected chi connectivity index (χ1v) is 7.08. The number of anilines is 1. The van der Waals surface area contributed by atoms with Crippen molar-refractivity contribution in [1.82, 2.24) is 4.90 Å². The van der Waals surface area contributed by atoms with E-state index >= 15 is 0 Å². The second kappa shape index (κ2) is 6.59. The lowest BCUT2D eigenvalue weighted by Gasteiger charge is -2.24. The number of carbonyl (C=O) groups is 1. The van der Waals surface area contributed by atoms with E-state index < -0.39 is 11.9 Å². The summed E-state index contributed by atoms with van der Waals surface area (Å²) < 4.78 is 18.5. The first-order valence-electron chi connectivity index (χ1n) is 7.08. The van der Waals surface area contributed by atoms with Crippen LogP contribution in [0.4, 0.5) is 10.1 Å². The number of nitrogens with zero attached hydrogens (tertiary/aromatic N) is 1. The summed E-state index contributed by atoms with van der Waals surface area (Å²) in [4.78, 5) is 14.2. The predicted octanol–water partition coefficient (Wildman–Crippen LogP) is 2.58. The van der Waals surface area contributed by atoms with Gasteiger partial charge in [-0.25, -0.2) is 4.39 Å². The molecule has 110 valence electrons. The van der Waals surface area contributed by atoms with E-state index in [4.69, 9.17) is 10.5 Å². The molecule has 0 spiro atoms. The Morgan fingerprint density at radius 1 is 1.30 bits per heavy atom. The number of benzene rings is 1. The van der Waals surface area contributed by atoms with Gasteiger partial charge in [-0.2, -0.15) is 0 Å². The Kier molecular flexibility index (Phi) is 4.82. The van der Waals surface area contributed by atoms with E-state index in [0.29, 0.717) is 5.75 Å². The Morgan fingerprint density at radius 3 is 2.55 bits per heavy atom. The van der Waals surface area contributed by atoms with E-state index in [0.717, 1.165) is 25.9 Å². The maximum Gasteiger partial charge on any atom is 0.263 e. The molecule has 1 unspecified atom stereocenters. The number of ether oxygens (including phenoxy) is 1. The van der Waals surface area contributed by atoms with Crippen LogP contribution in [0.25, 0.3) is 0 Å². The molecule has 0 aromatic heterocycles. The summed E-state index contributed by atoms with van der Waals surface area (Å²) in [5.41, 5.74) is 5.89. The zero-order chi connectivity index (χ0) is 14.5. The van der Waals surface area contributed by atoms with E-state index in [1.54, 1.807) is 6.92 Å². The van der Waals surface area contributed by atoms with Crippen LogP contribution in [0, 0.1) is 5.82 Å². The molecule has 4 nitrogen and oxygen atoms in total. The third-order valence-electron chi connectivity index (χ3n) is 3.54. The standard InChI is InChI=1S/C15H21FN2O2/c1-11(15(19)18-8-4-2-3-5-9-18)20-14-7-6-12(16)10-13(14)17/h6-7,10-11H,2-5,8-9,17H2,1H3. The van der Waals surface area contributed by atoms with Crippen LogP contribution >= 0.6 is 0 Å². The lowest BCUT2D eigenvalue weighted by atomic mass is 10.2. The normalized spacial score (nSPS) is 17.4. The predicted molar refractivity (Wildman–Crippen MR) is 76.0 cm³/mol. The molecular weight excluding hydrogens is 259 g/mol. The summed E-state index contributed by atoms with van der Waals surface area (Å²) in [7, 11) is 0. The summed E-state index contributed by atoms with van der Waals surface area (Å²) >= 11 is 0. The first-order chi connectivity index (χ1) is 9.58. The maximum atomic E-state index is 13.0. The molecular formula is C15H21FN2O2. The number of rotatable bonds is 3. The van der Waals surface area contributed by atoms with Crippen LogP contribution in [0.5, 0.6) is 5.75 Å². The van der Waals surface area contributed by atoms with Crippen molar-refractivity contribution in [1.29, 1.82) is 0 Å². The number of likely N-dealkylation sites (tertiary alicyclic amines) is 1. The summed E-state index contributed by atoms with van der Waals surface area (Å²) in [6.45, 7) is 3.27. The minimum Gasteiger partial charge on any atom is -0.479 e. The maximum absolute atomic E-state index is 13.0. The highest BCUT2D eigenvalue weighted by Gasteiger charge is 2.23. The zero-order valence-corrected chi connectivity index (χ0v) is 11.8. The Labute approximate surface area is 118 Å². The third-order valence-corrected chi connectivity index (χ3v) is 3.54. The fourth-order valence-electron chi connectivity index (χ4n) is 2.42. The lowest BCUT2D eigenvalue weighted by Crippen LogP contribution is -2.41. The van der Waals surface area contributed by atoms with Crippen molar-refractivity contribution in [2.45, 2.75) is 38.7 Å². The van der Waals surface area contributed by atoms with Gasteiger partial charge in [-0.05, 0) is 31.9 Å². The van der Waals surface area contributed by atoms with Crippen molar-refractivity contribution in [2.24, 2.45) is 0 Å². The number of halogens is 1. The van der Waals surface area contributed by atoms with Gasteiger partial charge >= 0.3 is 0 Å². The smallest absolute Gasteiger partial charge is 0.263 e. The van der Waals surface area contributed by atoms with Gasteiger partial charge < -0.3 is 15.4 Å². The van der Waals surface area contributed by atoms with Gasteiger partial charge in [-0.1, -0.05) is 12.8 Å². The fraction of sp³-hybridized carbons (Fsp3) is 0.533. The molecule has 0 aliphatic carbocycles. The van der Waals surface area contributed by atoms with Gasteiger partial charge in [0.25, 0.3) is 5.91 Å². The Hall–Kier alpha value is -1.78. The molecule has 1 saturated heterocycles. The minimum atomic E-state index is -0.610. The molecule has 0 bridgehead atoms. The second-order valence-electron chi connectivity index (χ2n) is 5.18. The topological polar surface area (TPSA) is 55.6 Å². The number of hydrogen-bond acceptors (Lipinski definition) is 3. The van der Waals surface area contributed by atoms with Crippen molar-refractivity contribution in [2.75, 3.05) is 18.8 Å². The molecule has 0 saturated carbocycles. The molecule has 1 atom stereocenters. The van der Waals surface area contributed by atoms with Crippen LogP contribution in [0.3, 0.4) is 0 Å². The quantitative estimate of drug-likeness (QED) is 0.866. The number of nitrogen functional groups attached to an aromatic ring is 1. The highest BCUT2D eigenvalue weighted by atomic mass is 19.1. The summed E-state index contributed by atoms with van der Waals surface area (Å²) in [5, 5.41) is 0. The second-order valence-corrected chi connectivity index (χ2v) is 5.18. The van der Waals surface area contributed by atoms with E-state index in [1.807, 2.05) is 4.90 Å². The summed E-state index contributed by atoms with van der Waals surface area (Å²) in [6, 6.07) is 3.92. The molecule has 1 fully saturated rings. The van der Waals surface area contributed by atoms with Crippen LogP contribution < -0.4 is 10.5 Å². The summed E-state index contributed by atoms with van der Waals surface area (Å²) in [5.74, 6) is -0.0981. The molecule has 1 aromatic carbocycles. The van der Waals surface area contributed by atoms with Gasteiger partial charge in [0.15, 0.2) is 6.10 Å². The molecule has 2 N–H and O–H groups in total. The van der Waals surface area contributed by atoms with Crippen LogP contribution in [0.2, 0.25) is 0 Å². The van der Waals surface area contributed by atoms with Crippen molar-refractivity contribution >= 4 is 11.6 Å². The van der Waals surface area contributed by atoms with E-state index in [9.17, 15) is 9.18 Å². The molecule has 2 rings (SSSR count). The van der Waals surface area contributed by atoms with Crippen LogP contribution in [-0.4, -0.2) is 30.0 Å². The Bertz CT molecular complexity index is 471. The van der Waals surface area contributed by atoms with E-state index in [2.05, 4.69) is 0 Å².